The first kappa shape index (κ1) is 16.0. The van der Waals surface area contributed by atoms with Gasteiger partial charge in [0.25, 0.3) is 0 Å². The molecule has 2 unspecified atom stereocenters. The van der Waals surface area contributed by atoms with Crippen LogP contribution in [0, 0.1) is 11.7 Å². The standard InChI is InChI=1S/C14H20FNO4S/c1-9-4-5-10(6-9)16-21(17,18)14-8-13(20-3)12(19-2)7-11(14)15/h7-10,16H,4-6H2,1-3H3. The summed E-state index contributed by atoms with van der Waals surface area (Å²) in [5, 5.41) is 0. The van der Waals surface area contributed by atoms with Crippen molar-refractivity contribution in [2.45, 2.75) is 37.1 Å². The zero-order chi connectivity index (χ0) is 15.6. The first-order valence-corrected chi connectivity index (χ1v) is 8.29. The van der Waals surface area contributed by atoms with Gasteiger partial charge in [-0.15, -0.1) is 0 Å². The Balaban J connectivity index is 2.31. The summed E-state index contributed by atoms with van der Waals surface area (Å²) < 4.78 is 51.3. The predicted octanol–water partition coefficient (Wildman–Crippen LogP) is 2.31. The molecule has 118 valence electrons. The highest BCUT2D eigenvalue weighted by Crippen LogP contribution is 2.33. The van der Waals surface area contributed by atoms with Crippen molar-refractivity contribution in [1.82, 2.24) is 4.72 Å². The molecule has 0 amide bonds. The van der Waals surface area contributed by atoms with Crippen LogP contribution in [0.5, 0.6) is 11.5 Å². The quantitative estimate of drug-likeness (QED) is 0.905. The van der Waals surface area contributed by atoms with E-state index in [1.54, 1.807) is 0 Å². The third kappa shape index (κ3) is 3.47. The Kier molecular flexibility index (Phi) is 4.73. The molecule has 1 N–H and O–H groups in total. The Hall–Kier alpha value is -1.34. The number of nitrogens with one attached hydrogen (secondary N) is 1. The molecule has 1 fully saturated rings. The molecule has 21 heavy (non-hydrogen) atoms. The lowest BCUT2D eigenvalue weighted by Crippen LogP contribution is -2.33. The van der Waals surface area contributed by atoms with Gasteiger partial charge in [0, 0.05) is 18.2 Å². The summed E-state index contributed by atoms with van der Waals surface area (Å²) in [5.74, 6) is -0.0401. The van der Waals surface area contributed by atoms with E-state index in [-0.39, 0.29) is 17.5 Å². The van der Waals surface area contributed by atoms with E-state index >= 15 is 0 Å². The molecule has 0 heterocycles. The molecule has 0 aromatic heterocycles. The smallest absolute Gasteiger partial charge is 0.243 e. The average Bonchev–Trinajstić information content (AvgIpc) is 2.82. The third-order valence-electron chi connectivity index (χ3n) is 3.74. The number of rotatable bonds is 5. The van der Waals surface area contributed by atoms with Crippen molar-refractivity contribution in [1.29, 1.82) is 0 Å². The SMILES string of the molecule is COc1cc(F)c(S(=O)(=O)NC2CCC(C)C2)cc1OC. The topological polar surface area (TPSA) is 64.6 Å². The molecule has 1 aromatic carbocycles. The molecular formula is C14H20FNO4S. The number of hydrogen-bond acceptors (Lipinski definition) is 4. The van der Waals surface area contributed by atoms with E-state index in [1.807, 2.05) is 0 Å². The first-order chi connectivity index (χ1) is 9.87. The third-order valence-corrected chi connectivity index (χ3v) is 5.28. The molecule has 0 aliphatic heterocycles. The van der Waals surface area contributed by atoms with Crippen molar-refractivity contribution >= 4 is 10.0 Å². The molecule has 1 aliphatic carbocycles. The molecule has 0 radical (unpaired) electrons. The van der Waals surface area contributed by atoms with E-state index in [2.05, 4.69) is 11.6 Å². The molecule has 1 saturated carbocycles. The minimum absolute atomic E-state index is 0.141. The Morgan fingerprint density at radius 3 is 2.33 bits per heavy atom. The Labute approximate surface area is 124 Å². The lowest BCUT2D eigenvalue weighted by atomic mass is 10.1. The predicted molar refractivity (Wildman–Crippen MR) is 76.6 cm³/mol. The molecule has 0 saturated heterocycles. The maximum absolute atomic E-state index is 14.0. The minimum atomic E-state index is -3.92. The van der Waals surface area contributed by atoms with Crippen molar-refractivity contribution in [3.05, 3.63) is 17.9 Å². The summed E-state index contributed by atoms with van der Waals surface area (Å²) >= 11 is 0. The second-order valence-corrected chi connectivity index (χ2v) is 7.06. The number of benzene rings is 1. The van der Waals surface area contributed by atoms with Crippen molar-refractivity contribution in [3.8, 4) is 11.5 Å². The van der Waals surface area contributed by atoms with E-state index in [0.29, 0.717) is 5.92 Å². The molecule has 5 nitrogen and oxygen atoms in total. The monoisotopic (exact) mass is 317 g/mol. The van der Waals surface area contributed by atoms with Crippen LogP contribution in [0.1, 0.15) is 26.2 Å². The number of hydrogen-bond donors (Lipinski definition) is 1. The summed E-state index contributed by atoms with van der Waals surface area (Å²) in [6, 6.07) is 2.03. The number of methoxy groups -OCH3 is 2. The highest BCUT2D eigenvalue weighted by molar-refractivity contribution is 7.89. The second-order valence-electron chi connectivity index (χ2n) is 5.37. The van der Waals surface area contributed by atoms with Crippen LogP contribution < -0.4 is 14.2 Å². The van der Waals surface area contributed by atoms with Crippen molar-refractivity contribution in [3.63, 3.8) is 0 Å². The van der Waals surface area contributed by atoms with Crippen LogP contribution in [0.4, 0.5) is 4.39 Å². The zero-order valence-electron chi connectivity index (χ0n) is 12.3. The lowest BCUT2D eigenvalue weighted by Gasteiger charge is -2.15. The highest BCUT2D eigenvalue weighted by atomic mass is 32.2. The van der Waals surface area contributed by atoms with E-state index in [0.717, 1.165) is 31.4 Å². The molecule has 7 heteroatoms. The summed E-state index contributed by atoms with van der Waals surface area (Å²) in [4.78, 5) is -0.417. The molecular weight excluding hydrogens is 297 g/mol. The summed E-state index contributed by atoms with van der Waals surface area (Å²) in [6.45, 7) is 2.07. The fraction of sp³-hybridized carbons (Fsp3) is 0.571. The average molecular weight is 317 g/mol. The van der Waals surface area contributed by atoms with Crippen LogP contribution in [-0.4, -0.2) is 28.7 Å². The van der Waals surface area contributed by atoms with Gasteiger partial charge in [-0.2, -0.15) is 0 Å². The van der Waals surface area contributed by atoms with Gasteiger partial charge in [0.1, 0.15) is 10.7 Å². The van der Waals surface area contributed by atoms with E-state index in [1.165, 1.54) is 14.2 Å². The van der Waals surface area contributed by atoms with Gasteiger partial charge in [0.05, 0.1) is 14.2 Å². The van der Waals surface area contributed by atoms with Crippen LogP contribution in [0.2, 0.25) is 0 Å². The van der Waals surface area contributed by atoms with E-state index in [9.17, 15) is 12.8 Å². The Bertz CT molecular complexity index is 618. The van der Waals surface area contributed by atoms with Crippen molar-refractivity contribution in [2.24, 2.45) is 5.92 Å². The maximum atomic E-state index is 14.0. The van der Waals surface area contributed by atoms with Crippen molar-refractivity contribution in [2.75, 3.05) is 14.2 Å². The lowest BCUT2D eigenvalue weighted by molar-refractivity contribution is 0.350. The van der Waals surface area contributed by atoms with Gasteiger partial charge < -0.3 is 9.47 Å². The second kappa shape index (κ2) is 6.19. The zero-order valence-corrected chi connectivity index (χ0v) is 13.2. The van der Waals surface area contributed by atoms with E-state index < -0.39 is 20.7 Å². The number of sulfonamides is 1. The van der Waals surface area contributed by atoms with Crippen LogP contribution >= 0.6 is 0 Å². The minimum Gasteiger partial charge on any atom is -0.493 e. The maximum Gasteiger partial charge on any atom is 0.243 e. The van der Waals surface area contributed by atoms with E-state index in [4.69, 9.17) is 9.47 Å². The largest absolute Gasteiger partial charge is 0.493 e. The van der Waals surface area contributed by atoms with Crippen LogP contribution in [0.3, 0.4) is 0 Å². The van der Waals surface area contributed by atoms with Crippen LogP contribution in [0.25, 0.3) is 0 Å². The molecule has 1 aliphatic rings. The highest BCUT2D eigenvalue weighted by Gasteiger charge is 2.29. The van der Waals surface area contributed by atoms with Gasteiger partial charge in [-0.05, 0) is 25.2 Å². The van der Waals surface area contributed by atoms with Gasteiger partial charge in [-0.25, -0.2) is 17.5 Å². The molecule has 2 rings (SSSR count). The summed E-state index contributed by atoms with van der Waals surface area (Å²) in [7, 11) is -1.18. The van der Waals surface area contributed by atoms with Gasteiger partial charge in [-0.3, -0.25) is 0 Å². The fourth-order valence-corrected chi connectivity index (χ4v) is 4.00. The normalized spacial score (nSPS) is 22.3. The summed E-state index contributed by atoms with van der Waals surface area (Å²) in [5.41, 5.74) is 0. The van der Waals surface area contributed by atoms with Gasteiger partial charge in [0.2, 0.25) is 10.0 Å². The van der Waals surface area contributed by atoms with Gasteiger partial charge >= 0.3 is 0 Å². The Morgan fingerprint density at radius 2 is 1.81 bits per heavy atom. The molecule has 0 spiro atoms. The molecule has 0 bridgehead atoms. The van der Waals surface area contributed by atoms with Crippen LogP contribution in [0.15, 0.2) is 17.0 Å². The molecule has 2 atom stereocenters. The van der Waals surface area contributed by atoms with Crippen LogP contribution in [-0.2, 0) is 10.0 Å². The number of halogens is 1. The van der Waals surface area contributed by atoms with Crippen molar-refractivity contribution < 1.29 is 22.3 Å². The molecule has 1 aromatic rings. The fourth-order valence-electron chi connectivity index (χ4n) is 2.64. The Morgan fingerprint density at radius 1 is 1.19 bits per heavy atom. The summed E-state index contributed by atoms with van der Waals surface area (Å²) in [6.07, 6.45) is 2.52. The van der Waals surface area contributed by atoms with Gasteiger partial charge in [0.15, 0.2) is 11.5 Å². The number of ether oxygens (including phenoxy) is 2. The van der Waals surface area contributed by atoms with Gasteiger partial charge in [-0.1, -0.05) is 6.92 Å². The first-order valence-electron chi connectivity index (χ1n) is 6.81.